The number of rotatable bonds is 5. The van der Waals surface area contributed by atoms with Crippen molar-refractivity contribution in [1.29, 1.82) is 0 Å². The molecular formula is C27H24N2O5S2. The lowest BCUT2D eigenvalue weighted by Crippen LogP contribution is -2.16. The van der Waals surface area contributed by atoms with E-state index >= 15 is 0 Å². The molecule has 1 amide bonds. The Labute approximate surface area is 210 Å². The van der Waals surface area contributed by atoms with Gasteiger partial charge in [0.1, 0.15) is 0 Å². The second-order valence-electron chi connectivity index (χ2n) is 8.98. The lowest BCUT2D eigenvalue weighted by molar-refractivity contribution is 0.103. The van der Waals surface area contributed by atoms with Gasteiger partial charge in [-0.3, -0.25) is 9.52 Å². The van der Waals surface area contributed by atoms with Crippen molar-refractivity contribution in [2.24, 2.45) is 0 Å². The van der Waals surface area contributed by atoms with Gasteiger partial charge >= 0.3 is 0 Å². The summed E-state index contributed by atoms with van der Waals surface area (Å²) < 4.78 is 57.9. The Kier molecular flexibility index (Phi) is 5.46. The zero-order chi connectivity index (χ0) is 26.0. The molecule has 7 nitrogen and oxygen atoms in total. The summed E-state index contributed by atoms with van der Waals surface area (Å²) in [7, 11) is -8.43. The van der Waals surface area contributed by atoms with Gasteiger partial charge in [-0.15, -0.1) is 0 Å². The quantitative estimate of drug-likeness (QED) is 0.372. The van der Waals surface area contributed by atoms with Crippen LogP contribution in [0, 0.1) is 27.7 Å². The summed E-state index contributed by atoms with van der Waals surface area (Å²) in [6.45, 7) is 7.18. The van der Waals surface area contributed by atoms with Gasteiger partial charge in [0, 0.05) is 16.3 Å². The van der Waals surface area contributed by atoms with Crippen LogP contribution in [0.3, 0.4) is 0 Å². The van der Waals surface area contributed by atoms with E-state index in [2.05, 4.69) is 10.0 Å². The van der Waals surface area contributed by atoms with Crippen LogP contribution >= 0.6 is 0 Å². The van der Waals surface area contributed by atoms with Gasteiger partial charge in [0.25, 0.3) is 15.9 Å². The van der Waals surface area contributed by atoms with Crippen LogP contribution in [0.1, 0.15) is 32.6 Å². The minimum Gasteiger partial charge on any atom is -0.320 e. The summed E-state index contributed by atoms with van der Waals surface area (Å²) in [5, 5.41) is 3.20. The van der Waals surface area contributed by atoms with Gasteiger partial charge in [-0.2, -0.15) is 0 Å². The molecular weight excluding hydrogens is 496 g/mol. The van der Waals surface area contributed by atoms with E-state index in [1.54, 1.807) is 63.2 Å². The minimum absolute atomic E-state index is 0.0579. The Morgan fingerprint density at radius 3 is 2.08 bits per heavy atom. The summed E-state index contributed by atoms with van der Waals surface area (Å²) >= 11 is 0. The first-order chi connectivity index (χ1) is 16.9. The van der Waals surface area contributed by atoms with Crippen molar-refractivity contribution < 1.29 is 21.6 Å². The number of sulfone groups is 1. The Hall–Kier alpha value is -3.69. The molecule has 0 unspecified atom stereocenters. The number of hydrogen-bond donors (Lipinski definition) is 2. The Balaban J connectivity index is 1.82. The smallest absolute Gasteiger partial charge is 0.262 e. The number of aryl methyl sites for hydroxylation is 2. The van der Waals surface area contributed by atoms with E-state index in [9.17, 15) is 21.6 Å². The van der Waals surface area contributed by atoms with Crippen LogP contribution in [0.5, 0.6) is 0 Å². The average molecular weight is 521 g/mol. The molecule has 2 N–H and O–H groups in total. The highest BCUT2D eigenvalue weighted by Gasteiger charge is 2.35. The molecule has 4 aromatic carbocycles. The maximum Gasteiger partial charge on any atom is 0.262 e. The van der Waals surface area contributed by atoms with Crippen molar-refractivity contribution in [3.8, 4) is 0 Å². The third kappa shape index (κ3) is 3.58. The average Bonchev–Trinajstić information content (AvgIpc) is 3.16. The molecule has 0 spiro atoms. The first kappa shape index (κ1) is 24.0. The van der Waals surface area contributed by atoms with Crippen LogP contribution in [0.2, 0.25) is 0 Å². The van der Waals surface area contributed by atoms with Crippen LogP contribution in [0.4, 0.5) is 11.4 Å². The molecule has 184 valence electrons. The first-order valence-electron chi connectivity index (χ1n) is 11.2. The predicted molar refractivity (Wildman–Crippen MR) is 140 cm³/mol. The summed E-state index contributed by atoms with van der Waals surface area (Å²) in [5.74, 6) is -0.481. The number of sulfonamides is 1. The number of benzene rings is 4. The number of carbonyl (C=O) groups is 1. The molecule has 1 heterocycles. The lowest BCUT2D eigenvalue weighted by atomic mass is 10.1. The number of amides is 1. The van der Waals surface area contributed by atoms with Gasteiger partial charge in [0.15, 0.2) is 0 Å². The zero-order valence-electron chi connectivity index (χ0n) is 20.1. The second kappa shape index (κ2) is 8.18. The van der Waals surface area contributed by atoms with Gasteiger partial charge in [0.05, 0.1) is 26.1 Å². The van der Waals surface area contributed by atoms with Crippen molar-refractivity contribution >= 4 is 47.9 Å². The third-order valence-electron chi connectivity index (χ3n) is 6.84. The summed E-state index contributed by atoms with van der Waals surface area (Å²) in [5.41, 5.74) is 3.71. The SMILES string of the molecule is Cc1cccc(NS(=O)(=O)c2cc(S(=O)(=O)c3cccc(C)c3C)c3c4c(cccc24)C(=O)N3)c1C. The zero-order valence-corrected chi connectivity index (χ0v) is 21.8. The molecule has 5 rings (SSSR count). The number of carbonyl (C=O) groups excluding carboxylic acids is 1. The molecule has 0 aliphatic carbocycles. The summed E-state index contributed by atoms with van der Waals surface area (Å²) in [6.07, 6.45) is 0. The lowest BCUT2D eigenvalue weighted by Gasteiger charge is -2.17. The molecule has 0 saturated heterocycles. The van der Waals surface area contributed by atoms with Crippen LogP contribution in [0.15, 0.2) is 75.4 Å². The number of nitrogens with one attached hydrogen (secondary N) is 2. The van der Waals surface area contributed by atoms with Crippen LogP contribution in [-0.4, -0.2) is 22.7 Å². The molecule has 1 aliphatic heterocycles. The fourth-order valence-electron chi connectivity index (χ4n) is 4.54. The Bertz CT molecular complexity index is 1830. The van der Waals surface area contributed by atoms with Crippen molar-refractivity contribution in [3.05, 3.63) is 88.5 Å². The van der Waals surface area contributed by atoms with E-state index in [-0.39, 0.29) is 36.7 Å². The fraction of sp³-hybridized carbons (Fsp3) is 0.148. The maximum absolute atomic E-state index is 13.9. The maximum atomic E-state index is 13.9. The van der Waals surface area contributed by atoms with E-state index < -0.39 is 25.8 Å². The standard InChI is InChI=1S/C27H24N2O5S2/c1-15-8-5-12-21(17(15)3)29-36(33,34)23-14-24(35(31,32)22-13-6-9-16(2)18(22)4)26-25-19(23)10-7-11-20(25)27(30)28-26/h5-14,29H,1-4H3,(H,28,30). The Morgan fingerprint density at radius 1 is 0.722 bits per heavy atom. The van der Waals surface area contributed by atoms with Crippen LogP contribution in [0.25, 0.3) is 10.8 Å². The Morgan fingerprint density at radius 2 is 1.36 bits per heavy atom. The van der Waals surface area contributed by atoms with Crippen LogP contribution < -0.4 is 10.0 Å². The van der Waals surface area contributed by atoms with E-state index in [1.165, 1.54) is 6.07 Å². The molecule has 4 aromatic rings. The molecule has 0 radical (unpaired) electrons. The second-order valence-corrected chi connectivity index (χ2v) is 12.5. The van der Waals surface area contributed by atoms with Crippen molar-refractivity contribution in [2.75, 3.05) is 10.0 Å². The molecule has 0 fully saturated rings. The molecule has 0 saturated carbocycles. The largest absolute Gasteiger partial charge is 0.320 e. The fourth-order valence-corrected chi connectivity index (χ4v) is 7.72. The highest BCUT2D eigenvalue weighted by atomic mass is 32.2. The van der Waals surface area contributed by atoms with Gasteiger partial charge in [0.2, 0.25) is 9.84 Å². The molecule has 9 heteroatoms. The van der Waals surface area contributed by atoms with Gasteiger partial charge in [-0.25, -0.2) is 16.8 Å². The summed E-state index contributed by atoms with van der Waals surface area (Å²) in [6, 6.07) is 16.1. The molecule has 36 heavy (non-hydrogen) atoms. The normalized spacial score (nSPS) is 13.2. The first-order valence-corrected chi connectivity index (χ1v) is 14.2. The van der Waals surface area contributed by atoms with Crippen molar-refractivity contribution in [3.63, 3.8) is 0 Å². The van der Waals surface area contributed by atoms with Crippen molar-refractivity contribution in [1.82, 2.24) is 0 Å². The molecule has 0 aromatic heterocycles. The molecule has 0 bridgehead atoms. The third-order valence-corrected chi connectivity index (χ3v) is 10.2. The van der Waals surface area contributed by atoms with E-state index in [0.29, 0.717) is 11.3 Å². The highest BCUT2D eigenvalue weighted by Crippen LogP contribution is 2.44. The van der Waals surface area contributed by atoms with Gasteiger partial charge in [-0.05, 0) is 74.2 Å². The molecule has 1 aliphatic rings. The van der Waals surface area contributed by atoms with Gasteiger partial charge < -0.3 is 5.32 Å². The van der Waals surface area contributed by atoms with Crippen LogP contribution in [-0.2, 0) is 19.9 Å². The van der Waals surface area contributed by atoms with E-state index in [4.69, 9.17) is 0 Å². The highest BCUT2D eigenvalue weighted by molar-refractivity contribution is 7.93. The van der Waals surface area contributed by atoms with E-state index in [1.807, 2.05) is 13.0 Å². The predicted octanol–water partition coefficient (Wildman–Crippen LogP) is 5.27. The monoisotopic (exact) mass is 520 g/mol. The number of anilines is 2. The van der Waals surface area contributed by atoms with Gasteiger partial charge in [-0.1, -0.05) is 36.4 Å². The topological polar surface area (TPSA) is 109 Å². The minimum atomic E-state index is -4.24. The molecule has 0 atom stereocenters. The van der Waals surface area contributed by atoms with Crippen molar-refractivity contribution in [2.45, 2.75) is 42.4 Å². The summed E-state index contributed by atoms with van der Waals surface area (Å²) in [4.78, 5) is 12.3. The van der Waals surface area contributed by atoms with E-state index in [0.717, 1.165) is 22.8 Å². The number of hydrogen-bond acceptors (Lipinski definition) is 5.